The van der Waals surface area contributed by atoms with Gasteiger partial charge in [0.1, 0.15) is 0 Å². The molecule has 1 aliphatic heterocycles. The Morgan fingerprint density at radius 2 is 2.00 bits per heavy atom. The van der Waals surface area contributed by atoms with Crippen molar-refractivity contribution in [3.8, 4) is 11.4 Å². The lowest BCUT2D eigenvalue weighted by Gasteiger charge is -2.11. The van der Waals surface area contributed by atoms with E-state index in [1.165, 1.54) is 17.1 Å². The highest BCUT2D eigenvalue weighted by molar-refractivity contribution is 8.19. The molecule has 0 amide bonds. The molecule has 1 saturated heterocycles. The lowest BCUT2D eigenvalue weighted by molar-refractivity contribution is 0.0265. The van der Waals surface area contributed by atoms with Crippen LogP contribution in [0.15, 0.2) is 53.3 Å². The summed E-state index contributed by atoms with van der Waals surface area (Å²) in [5.74, 6) is 2.58. The first kappa shape index (κ1) is 18.1. The van der Waals surface area contributed by atoms with Crippen LogP contribution < -0.4 is 0 Å². The third-order valence-electron chi connectivity index (χ3n) is 4.03. The number of carbonyl (C=O) groups is 1. The number of aromatic nitrogens is 3. The number of pyridine rings is 1. The van der Waals surface area contributed by atoms with Crippen LogP contribution >= 0.6 is 23.5 Å². The normalized spacial score (nSPS) is 15.6. The van der Waals surface area contributed by atoms with Gasteiger partial charge in [-0.25, -0.2) is 4.79 Å². The molecule has 1 fully saturated rings. The Hall–Kier alpha value is -2.32. The highest BCUT2D eigenvalue weighted by atomic mass is 32.2. The van der Waals surface area contributed by atoms with E-state index in [1.807, 2.05) is 41.7 Å². The molecule has 0 spiro atoms. The molecule has 1 aromatic carbocycles. The van der Waals surface area contributed by atoms with Crippen LogP contribution in [0.4, 0.5) is 0 Å². The molecule has 6 nitrogen and oxygen atoms in total. The van der Waals surface area contributed by atoms with Crippen molar-refractivity contribution in [2.75, 3.05) is 11.5 Å². The zero-order valence-electron chi connectivity index (χ0n) is 14.6. The molecule has 8 heteroatoms. The SMILES string of the molecule is CC(OC(=O)c1ccc(C2SCCS2)cc1)c1nc(-c2cccnc2)no1. The number of nitrogens with zero attached hydrogens (tertiary/aromatic N) is 3. The number of thioether (sulfide) groups is 2. The fraction of sp³-hybridized carbons (Fsp3) is 0.263. The van der Waals surface area contributed by atoms with Crippen molar-refractivity contribution >= 4 is 29.5 Å². The molecule has 4 rings (SSSR count). The summed E-state index contributed by atoms with van der Waals surface area (Å²) in [4.78, 5) is 20.7. The molecule has 0 aliphatic carbocycles. The first-order valence-electron chi connectivity index (χ1n) is 8.49. The molecule has 1 unspecified atom stereocenters. The lowest BCUT2D eigenvalue weighted by atomic mass is 10.1. The molecule has 0 N–H and O–H groups in total. The topological polar surface area (TPSA) is 78.1 Å². The van der Waals surface area contributed by atoms with E-state index < -0.39 is 12.1 Å². The second kappa shape index (κ2) is 8.14. The van der Waals surface area contributed by atoms with Gasteiger partial charge in [-0.2, -0.15) is 4.98 Å². The minimum absolute atomic E-state index is 0.248. The summed E-state index contributed by atoms with van der Waals surface area (Å²) >= 11 is 3.87. The van der Waals surface area contributed by atoms with Crippen LogP contribution in [0.5, 0.6) is 0 Å². The van der Waals surface area contributed by atoms with Gasteiger partial charge in [0.25, 0.3) is 5.89 Å². The Bertz CT molecular complexity index is 909. The van der Waals surface area contributed by atoms with E-state index in [4.69, 9.17) is 9.26 Å². The van der Waals surface area contributed by atoms with Gasteiger partial charge in [0, 0.05) is 29.5 Å². The van der Waals surface area contributed by atoms with Crippen LogP contribution in [0.25, 0.3) is 11.4 Å². The number of carbonyl (C=O) groups excluding carboxylic acids is 1. The van der Waals surface area contributed by atoms with Gasteiger partial charge >= 0.3 is 5.97 Å². The van der Waals surface area contributed by atoms with E-state index in [0.717, 1.165) is 5.56 Å². The fourth-order valence-electron chi connectivity index (χ4n) is 2.62. The first-order valence-corrected chi connectivity index (χ1v) is 10.6. The van der Waals surface area contributed by atoms with Crippen LogP contribution in [0.1, 0.15) is 39.4 Å². The molecular weight excluding hydrogens is 382 g/mol. The van der Waals surface area contributed by atoms with Crippen molar-refractivity contribution in [2.45, 2.75) is 17.6 Å². The van der Waals surface area contributed by atoms with Crippen molar-refractivity contribution < 1.29 is 14.1 Å². The average molecular weight is 399 g/mol. The predicted molar refractivity (Wildman–Crippen MR) is 105 cm³/mol. The smallest absolute Gasteiger partial charge is 0.338 e. The van der Waals surface area contributed by atoms with Gasteiger partial charge in [0.05, 0.1) is 10.1 Å². The molecule has 0 radical (unpaired) electrons. The molecular formula is C19H17N3O3S2. The van der Waals surface area contributed by atoms with Crippen LogP contribution in [0.2, 0.25) is 0 Å². The highest BCUT2D eigenvalue weighted by Gasteiger charge is 2.22. The molecule has 0 bridgehead atoms. The second-order valence-electron chi connectivity index (χ2n) is 5.94. The standard InChI is InChI=1S/C19H17N3O3S2/c1-12(17-21-16(22-25-17)15-3-2-8-20-11-15)24-18(23)13-4-6-14(7-5-13)19-26-9-10-27-19/h2-8,11-12,19H,9-10H2,1H3. The second-order valence-corrected chi connectivity index (χ2v) is 8.67. The van der Waals surface area contributed by atoms with E-state index in [9.17, 15) is 4.79 Å². The number of hydrogen-bond acceptors (Lipinski definition) is 8. The summed E-state index contributed by atoms with van der Waals surface area (Å²) in [6.07, 6.45) is 2.67. The number of benzene rings is 1. The molecule has 1 aliphatic rings. The highest BCUT2D eigenvalue weighted by Crippen LogP contribution is 2.45. The third kappa shape index (κ3) is 4.17. The molecule has 2 aromatic heterocycles. The number of ether oxygens (including phenoxy) is 1. The van der Waals surface area contributed by atoms with E-state index >= 15 is 0 Å². The van der Waals surface area contributed by atoms with Crippen molar-refractivity contribution in [1.82, 2.24) is 15.1 Å². The molecule has 138 valence electrons. The quantitative estimate of drug-likeness (QED) is 0.579. The van der Waals surface area contributed by atoms with Gasteiger partial charge in [0.2, 0.25) is 5.82 Å². The molecule has 3 heterocycles. The zero-order valence-corrected chi connectivity index (χ0v) is 16.2. The maximum atomic E-state index is 12.4. The van der Waals surface area contributed by atoms with Crippen LogP contribution in [0.3, 0.4) is 0 Å². The van der Waals surface area contributed by atoms with Gasteiger partial charge in [-0.3, -0.25) is 4.98 Å². The van der Waals surface area contributed by atoms with Crippen molar-refractivity contribution in [3.05, 3.63) is 65.8 Å². The van der Waals surface area contributed by atoms with Crippen LogP contribution in [0, 0.1) is 0 Å². The van der Waals surface area contributed by atoms with E-state index in [0.29, 0.717) is 16.0 Å². The fourth-order valence-corrected chi connectivity index (χ4v) is 5.48. The largest absolute Gasteiger partial charge is 0.449 e. The zero-order chi connectivity index (χ0) is 18.6. The summed E-state index contributed by atoms with van der Waals surface area (Å²) in [7, 11) is 0. The van der Waals surface area contributed by atoms with E-state index in [2.05, 4.69) is 15.1 Å². The number of hydrogen-bond donors (Lipinski definition) is 0. The van der Waals surface area contributed by atoms with Crippen molar-refractivity contribution in [1.29, 1.82) is 0 Å². The van der Waals surface area contributed by atoms with Crippen molar-refractivity contribution in [3.63, 3.8) is 0 Å². The Morgan fingerprint density at radius 1 is 1.22 bits per heavy atom. The number of esters is 1. The van der Waals surface area contributed by atoms with Gasteiger partial charge < -0.3 is 9.26 Å². The molecule has 0 saturated carbocycles. The lowest BCUT2D eigenvalue weighted by Crippen LogP contribution is -2.09. The summed E-state index contributed by atoms with van der Waals surface area (Å²) in [5, 5.41) is 3.92. The minimum Gasteiger partial charge on any atom is -0.449 e. The Balaban J connectivity index is 1.41. The molecule has 1 atom stereocenters. The summed E-state index contributed by atoms with van der Waals surface area (Å²) in [5.41, 5.74) is 2.47. The molecule has 27 heavy (non-hydrogen) atoms. The van der Waals surface area contributed by atoms with Gasteiger partial charge in [-0.15, -0.1) is 23.5 Å². The molecule has 3 aromatic rings. The Morgan fingerprint density at radius 3 is 2.70 bits per heavy atom. The summed E-state index contributed by atoms with van der Waals surface area (Å²) in [6.45, 7) is 1.71. The first-order chi connectivity index (χ1) is 13.2. The Labute approximate surface area is 165 Å². The maximum Gasteiger partial charge on any atom is 0.338 e. The van der Waals surface area contributed by atoms with Gasteiger partial charge in [-0.1, -0.05) is 17.3 Å². The van der Waals surface area contributed by atoms with Crippen LogP contribution in [-0.4, -0.2) is 32.6 Å². The summed E-state index contributed by atoms with van der Waals surface area (Å²) < 4.78 is 11.2. The average Bonchev–Trinajstić information content (AvgIpc) is 3.41. The number of rotatable bonds is 5. The van der Waals surface area contributed by atoms with E-state index in [1.54, 1.807) is 37.5 Å². The van der Waals surface area contributed by atoms with Crippen molar-refractivity contribution in [2.24, 2.45) is 0 Å². The summed E-state index contributed by atoms with van der Waals surface area (Å²) in [6, 6.07) is 11.2. The van der Waals surface area contributed by atoms with Gasteiger partial charge in [0.15, 0.2) is 6.10 Å². The minimum atomic E-state index is -0.643. The maximum absolute atomic E-state index is 12.4. The Kier molecular flexibility index (Phi) is 5.45. The monoisotopic (exact) mass is 399 g/mol. The third-order valence-corrected chi connectivity index (χ3v) is 7.14. The van der Waals surface area contributed by atoms with Crippen LogP contribution in [-0.2, 0) is 4.74 Å². The predicted octanol–water partition coefficient (Wildman–Crippen LogP) is 4.53. The van der Waals surface area contributed by atoms with E-state index in [-0.39, 0.29) is 5.89 Å². The van der Waals surface area contributed by atoms with Gasteiger partial charge in [-0.05, 0) is 36.8 Å².